The Hall–Kier alpha value is -1.80. The number of aromatic nitrogens is 4. The maximum atomic E-state index is 12.5. The summed E-state index contributed by atoms with van der Waals surface area (Å²) < 4.78 is 1.47. The molecular weight excluding hydrogens is 278 g/mol. The van der Waals surface area contributed by atoms with E-state index in [1.54, 1.807) is 4.90 Å². The second-order valence-electron chi connectivity index (χ2n) is 5.31. The van der Waals surface area contributed by atoms with Gasteiger partial charge in [-0.25, -0.2) is 0 Å². The number of likely N-dealkylation sites (tertiary alicyclic amines) is 1. The third kappa shape index (κ3) is 2.01. The highest BCUT2D eigenvalue weighted by Gasteiger charge is 2.46. The first-order chi connectivity index (χ1) is 9.51. The first kappa shape index (κ1) is 13.2. The maximum absolute atomic E-state index is 12.5. The molecule has 1 amide bonds. The van der Waals surface area contributed by atoms with E-state index in [4.69, 9.17) is 0 Å². The van der Waals surface area contributed by atoms with Gasteiger partial charge in [-0.1, -0.05) is 13.8 Å². The molecule has 106 valence electrons. The lowest BCUT2D eigenvalue weighted by atomic mass is 9.83. The number of amides is 1. The van der Waals surface area contributed by atoms with Crippen molar-refractivity contribution < 1.29 is 9.90 Å². The number of hydrogen-bond acceptors (Lipinski definition) is 6. The fraction of sp³-hybridized carbons (Fsp3) is 0.500. The summed E-state index contributed by atoms with van der Waals surface area (Å²) in [5, 5.41) is 23.0. The van der Waals surface area contributed by atoms with Gasteiger partial charge in [-0.15, -0.1) is 16.4 Å². The van der Waals surface area contributed by atoms with Gasteiger partial charge in [0.1, 0.15) is 16.8 Å². The fourth-order valence-corrected chi connectivity index (χ4v) is 3.03. The topological polar surface area (TPSA) is 84.1 Å². The smallest absolute Gasteiger partial charge is 0.266 e. The number of β-amino-alcohol motifs (C(OH)–C–C–N with tert-alkyl or cyclic N) is 1. The van der Waals surface area contributed by atoms with Crippen molar-refractivity contribution in [2.75, 3.05) is 13.1 Å². The van der Waals surface area contributed by atoms with Crippen LogP contribution in [-0.2, 0) is 0 Å². The minimum absolute atomic E-state index is 0.0872. The summed E-state index contributed by atoms with van der Waals surface area (Å²) in [7, 11) is 0. The van der Waals surface area contributed by atoms with Gasteiger partial charge in [-0.2, -0.15) is 4.68 Å². The van der Waals surface area contributed by atoms with Gasteiger partial charge in [-0.05, 0) is 27.8 Å². The van der Waals surface area contributed by atoms with E-state index >= 15 is 0 Å². The number of carbonyl (C=O) groups excluding carboxylic acids is 1. The van der Waals surface area contributed by atoms with Gasteiger partial charge in [0.15, 0.2) is 0 Å². The van der Waals surface area contributed by atoms with Gasteiger partial charge < -0.3 is 10.0 Å². The molecule has 2 aromatic heterocycles. The molecule has 7 nitrogen and oxygen atoms in total. The van der Waals surface area contributed by atoms with Crippen LogP contribution in [0.5, 0.6) is 0 Å². The Balaban J connectivity index is 1.79. The summed E-state index contributed by atoms with van der Waals surface area (Å²) in [6.07, 6.45) is 1.46. The second kappa shape index (κ2) is 4.64. The van der Waals surface area contributed by atoms with Crippen LogP contribution in [0.2, 0.25) is 0 Å². The molecule has 3 heterocycles. The van der Waals surface area contributed by atoms with Crippen LogP contribution in [-0.4, -0.2) is 54.8 Å². The molecule has 2 aromatic rings. The molecule has 1 fully saturated rings. The normalized spacial score (nSPS) is 17.3. The van der Waals surface area contributed by atoms with Crippen LogP contribution in [0.1, 0.15) is 23.5 Å². The van der Waals surface area contributed by atoms with E-state index in [0.29, 0.717) is 23.7 Å². The molecule has 0 aliphatic carbocycles. The predicted molar refractivity (Wildman–Crippen MR) is 72.7 cm³/mol. The summed E-state index contributed by atoms with van der Waals surface area (Å²) >= 11 is 1.35. The molecule has 1 aliphatic heterocycles. The SMILES string of the molecule is CC(C)C1(O)CN(C(=O)c2sccc2-n2cnnn2)C1. The molecule has 0 aromatic carbocycles. The number of carbonyl (C=O) groups is 1. The van der Waals surface area contributed by atoms with Gasteiger partial charge in [0.2, 0.25) is 0 Å². The Morgan fingerprint density at radius 3 is 2.85 bits per heavy atom. The highest BCUT2D eigenvalue weighted by atomic mass is 32.1. The van der Waals surface area contributed by atoms with Gasteiger partial charge in [0.25, 0.3) is 5.91 Å². The third-order valence-electron chi connectivity index (χ3n) is 3.73. The number of hydrogen-bond donors (Lipinski definition) is 1. The van der Waals surface area contributed by atoms with Crippen LogP contribution < -0.4 is 0 Å². The zero-order chi connectivity index (χ0) is 14.3. The number of tetrazole rings is 1. The van der Waals surface area contributed by atoms with E-state index in [1.807, 2.05) is 25.3 Å². The van der Waals surface area contributed by atoms with Crippen molar-refractivity contribution in [1.29, 1.82) is 0 Å². The van der Waals surface area contributed by atoms with Crippen LogP contribution in [0.3, 0.4) is 0 Å². The maximum Gasteiger partial charge on any atom is 0.266 e. The van der Waals surface area contributed by atoms with Crippen molar-refractivity contribution >= 4 is 17.2 Å². The van der Waals surface area contributed by atoms with Gasteiger partial charge >= 0.3 is 0 Å². The van der Waals surface area contributed by atoms with Crippen LogP contribution in [0.25, 0.3) is 5.69 Å². The van der Waals surface area contributed by atoms with Crippen molar-refractivity contribution in [3.8, 4) is 5.69 Å². The number of nitrogens with zero attached hydrogens (tertiary/aromatic N) is 5. The molecule has 3 rings (SSSR count). The van der Waals surface area contributed by atoms with E-state index in [0.717, 1.165) is 0 Å². The molecule has 20 heavy (non-hydrogen) atoms. The van der Waals surface area contributed by atoms with E-state index in [1.165, 1.54) is 22.3 Å². The van der Waals surface area contributed by atoms with Crippen molar-refractivity contribution in [3.05, 3.63) is 22.7 Å². The predicted octanol–water partition coefficient (Wildman–Crippen LogP) is 0.567. The molecule has 0 radical (unpaired) electrons. The van der Waals surface area contributed by atoms with E-state index < -0.39 is 5.60 Å². The molecule has 8 heteroatoms. The van der Waals surface area contributed by atoms with Crippen molar-refractivity contribution in [3.63, 3.8) is 0 Å². The lowest BCUT2D eigenvalue weighted by Crippen LogP contribution is -2.65. The fourth-order valence-electron chi connectivity index (χ4n) is 2.18. The van der Waals surface area contributed by atoms with Gasteiger partial charge in [-0.3, -0.25) is 4.79 Å². The quantitative estimate of drug-likeness (QED) is 0.894. The Morgan fingerprint density at radius 1 is 1.50 bits per heavy atom. The second-order valence-corrected chi connectivity index (χ2v) is 6.22. The summed E-state index contributed by atoms with van der Waals surface area (Å²) in [6.45, 7) is 4.66. The summed E-state index contributed by atoms with van der Waals surface area (Å²) in [4.78, 5) is 14.7. The van der Waals surface area contributed by atoms with E-state index in [-0.39, 0.29) is 11.8 Å². The molecular formula is C12H15N5O2S. The molecule has 1 N–H and O–H groups in total. The van der Waals surface area contributed by atoms with Crippen LogP contribution >= 0.6 is 11.3 Å². The minimum atomic E-state index is -0.762. The average molecular weight is 293 g/mol. The molecule has 0 saturated carbocycles. The standard InChI is InChI=1S/C12H15N5O2S/c1-8(2)12(19)5-16(6-12)11(18)10-9(3-4-20-10)17-7-13-14-15-17/h3-4,7-8,19H,5-6H2,1-2H3. The van der Waals surface area contributed by atoms with Crippen LogP contribution in [0.15, 0.2) is 17.8 Å². The van der Waals surface area contributed by atoms with E-state index in [9.17, 15) is 9.90 Å². The molecule has 0 atom stereocenters. The largest absolute Gasteiger partial charge is 0.386 e. The van der Waals surface area contributed by atoms with Crippen molar-refractivity contribution in [1.82, 2.24) is 25.1 Å². The first-order valence-corrected chi connectivity index (χ1v) is 7.22. The summed E-state index contributed by atoms with van der Waals surface area (Å²) in [5.74, 6) is 0.0460. The van der Waals surface area contributed by atoms with Crippen molar-refractivity contribution in [2.45, 2.75) is 19.4 Å². The van der Waals surface area contributed by atoms with Crippen molar-refractivity contribution in [2.24, 2.45) is 5.92 Å². The lowest BCUT2D eigenvalue weighted by molar-refractivity contribution is -0.110. The summed E-state index contributed by atoms with van der Waals surface area (Å²) in [6, 6.07) is 1.81. The van der Waals surface area contributed by atoms with Gasteiger partial charge in [0.05, 0.1) is 18.8 Å². The summed E-state index contributed by atoms with van der Waals surface area (Å²) in [5.41, 5.74) is -0.0907. The molecule has 0 spiro atoms. The zero-order valence-electron chi connectivity index (χ0n) is 11.2. The van der Waals surface area contributed by atoms with Crippen LogP contribution in [0.4, 0.5) is 0 Å². The Labute approximate surface area is 119 Å². The molecule has 1 saturated heterocycles. The van der Waals surface area contributed by atoms with Crippen LogP contribution in [0, 0.1) is 5.92 Å². The number of rotatable bonds is 3. The third-order valence-corrected chi connectivity index (χ3v) is 4.62. The lowest BCUT2D eigenvalue weighted by Gasteiger charge is -2.48. The van der Waals surface area contributed by atoms with E-state index in [2.05, 4.69) is 15.5 Å². The minimum Gasteiger partial charge on any atom is -0.386 e. The Kier molecular flexibility index (Phi) is 3.06. The highest BCUT2D eigenvalue weighted by Crippen LogP contribution is 2.32. The molecule has 1 aliphatic rings. The number of aliphatic hydroxyl groups is 1. The molecule has 0 unspecified atom stereocenters. The molecule has 0 bridgehead atoms. The Bertz CT molecular complexity index is 616. The highest BCUT2D eigenvalue weighted by molar-refractivity contribution is 7.12. The Morgan fingerprint density at radius 2 is 2.25 bits per heavy atom. The zero-order valence-corrected chi connectivity index (χ0v) is 12.0. The first-order valence-electron chi connectivity index (χ1n) is 6.34. The average Bonchev–Trinajstić information content (AvgIpc) is 3.02. The number of thiophene rings is 1. The monoisotopic (exact) mass is 293 g/mol. The van der Waals surface area contributed by atoms with Gasteiger partial charge in [0, 0.05) is 0 Å².